The molecule has 0 radical (unpaired) electrons. The van der Waals surface area contributed by atoms with Crippen molar-refractivity contribution < 1.29 is 13.9 Å². The van der Waals surface area contributed by atoms with E-state index < -0.39 is 6.10 Å². The van der Waals surface area contributed by atoms with Crippen LogP contribution in [0.25, 0.3) is 23.1 Å². The van der Waals surface area contributed by atoms with Crippen LogP contribution in [0.4, 0.5) is 4.39 Å². The Morgan fingerprint density at radius 3 is 2.39 bits per heavy atom. The normalized spacial score (nSPS) is 13.8. The summed E-state index contributed by atoms with van der Waals surface area (Å²) >= 11 is 0. The number of nitrogens with zero attached hydrogens (tertiary/aromatic N) is 2. The van der Waals surface area contributed by atoms with E-state index in [1.807, 2.05) is 91.9 Å². The maximum Gasteiger partial charge on any atom is 0.258 e. The van der Waals surface area contributed by atoms with Gasteiger partial charge in [0.2, 0.25) is 0 Å². The van der Waals surface area contributed by atoms with Crippen LogP contribution in [0.15, 0.2) is 115 Å². The number of aromatic nitrogens is 1. The minimum absolute atomic E-state index is 0.131. The summed E-state index contributed by atoms with van der Waals surface area (Å²) in [6, 6.07) is 30.2. The molecule has 0 spiro atoms. The number of pyridine rings is 1. The quantitative estimate of drug-likeness (QED) is 0.147. The molecule has 2 heterocycles. The lowest BCUT2D eigenvalue weighted by Crippen LogP contribution is -2.23. The van der Waals surface area contributed by atoms with Crippen LogP contribution in [-0.4, -0.2) is 15.8 Å². The number of carbonyl (C=O) groups excluding carboxylic acids is 1. The summed E-state index contributed by atoms with van der Waals surface area (Å²) in [5.41, 5.74) is 5.89. The number of hydrogen-bond donors (Lipinski definition) is 0. The molecule has 1 amide bonds. The third-order valence-corrected chi connectivity index (χ3v) is 7.29. The van der Waals surface area contributed by atoms with Crippen LogP contribution in [0, 0.1) is 5.82 Å². The summed E-state index contributed by atoms with van der Waals surface area (Å²) in [7, 11) is 0. The highest BCUT2D eigenvalue weighted by Gasteiger charge is 2.36. The topological polar surface area (TPSA) is 42.4 Å². The van der Waals surface area contributed by atoms with Crippen LogP contribution >= 0.6 is 0 Å². The molecule has 0 N–H and O–H groups in total. The average Bonchev–Trinajstić information content (AvgIpc) is 3.33. The van der Waals surface area contributed by atoms with E-state index in [4.69, 9.17) is 9.72 Å². The van der Waals surface area contributed by atoms with Crippen molar-refractivity contribution in [2.45, 2.75) is 26.1 Å². The Morgan fingerprint density at radius 2 is 1.66 bits per heavy atom. The highest BCUT2D eigenvalue weighted by Crippen LogP contribution is 2.43. The molecule has 5 aromatic rings. The molecule has 1 aromatic heterocycles. The smallest absolute Gasteiger partial charge is 0.258 e. The van der Waals surface area contributed by atoms with Gasteiger partial charge in [0.1, 0.15) is 17.4 Å². The fourth-order valence-corrected chi connectivity index (χ4v) is 5.32. The second-order valence-corrected chi connectivity index (χ2v) is 10.0. The maximum atomic E-state index is 14.1. The number of ether oxygens (including phenoxy) is 1. The molecule has 202 valence electrons. The van der Waals surface area contributed by atoms with Gasteiger partial charge in [-0.25, -0.2) is 4.39 Å². The predicted octanol–water partition coefficient (Wildman–Crippen LogP) is 8.40. The van der Waals surface area contributed by atoms with Gasteiger partial charge in [0.15, 0.2) is 5.75 Å². The zero-order chi connectivity index (χ0) is 28.2. The number of amides is 1. The van der Waals surface area contributed by atoms with Gasteiger partial charge in [-0.2, -0.15) is 0 Å². The molecule has 0 fully saturated rings. The maximum absolute atomic E-state index is 14.1. The van der Waals surface area contributed by atoms with Crippen LogP contribution in [0.5, 0.6) is 5.75 Å². The van der Waals surface area contributed by atoms with Crippen molar-refractivity contribution >= 4 is 29.0 Å². The molecular weight excluding hydrogens is 511 g/mol. The zero-order valence-electron chi connectivity index (χ0n) is 22.7. The Bertz CT molecular complexity index is 1750. The number of hydrogen-bond acceptors (Lipinski definition) is 3. The lowest BCUT2D eigenvalue weighted by atomic mass is 9.95. The molecule has 0 saturated carbocycles. The summed E-state index contributed by atoms with van der Waals surface area (Å²) in [6.45, 7) is 2.71. The highest BCUT2D eigenvalue weighted by molar-refractivity contribution is 6.10. The Kier molecular flexibility index (Phi) is 7.42. The summed E-state index contributed by atoms with van der Waals surface area (Å²) in [5, 5.41) is 0.914. The van der Waals surface area contributed by atoms with E-state index in [2.05, 4.69) is 12.2 Å². The van der Waals surface area contributed by atoms with Gasteiger partial charge in [0, 0.05) is 24.7 Å². The van der Waals surface area contributed by atoms with E-state index >= 15 is 0 Å². The monoisotopic (exact) mass is 540 g/mol. The number of carbonyl (C=O) groups is 1. The van der Waals surface area contributed by atoms with E-state index in [-0.39, 0.29) is 11.7 Å². The van der Waals surface area contributed by atoms with Gasteiger partial charge in [-0.05, 0) is 59.0 Å². The van der Waals surface area contributed by atoms with Crippen LogP contribution in [0.3, 0.4) is 0 Å². The Morgan fingerprint density at radius 1 is 0.927 bits per heavy atom. The van der Waals surface area contributed by atoms with Gasteiger partial charge in [-0.15, -0.1) is 0 Å². The number of rotatable bonds is 8. The van der Waals surface area contributed by atoms with Gasteiger partial charge in [0.25, 0.3) is 5.91 Å². The molecule has 0 saturated heterocycles. The Labute approximate surface area is 239 Å². The second-order valence-electron chi connectivity index (χ2n) is 10.0. The van der Waals surface area contributed by atoms with Crippen molar-refractivity contribution in [3.63, 3.8) is 0 Å². The van der Waals surface area contributed by atoms with E-state index in [1.165, 1.54) is 12.1 Å². The number of halogens is 1. The molecule has 1 unspecified atom stereocenters. The predicted molar refractivity (Wildman–Crippen MR) is 162 cm³/mol. The molecule has 4 aromatic carbocycles. The Hall–Kier alpha value is -5.03. The van der Waals surface area contributed by atoms with Gasteiger partial charge < -0.3 is 9.64 Å². The molecule has 5 heteroatoms. The number of benzene rings is 4. The van der Waals surface area contributed by atoms with Gasteiger partial charge in [0.05, 0.1) is 5.56 Å². The van der Waals surface area contributed by atoms with Crippen molar-refractivity contribution in [3.05, 3.63) is 155 Å². The molecule has 4 nitrogen and oxygen atoms in total. The number of fused-ring (bicyclic) bond motifs is 2. The summed E-state index contributed by atoms with van der Waals surface area (Å²) in [4.78, 5) is 20.7. The van der Waals surface area contributed by atoms with Crippen molar-refractivity contribution in [1.82, 2.24) is 9.88 Å². The molecule has 0 bridgehead atoms. The lowest BCUT2D eigenvalue weighted by Gasteiger charge is -2.21. The van der Waals surface area contributed by atoms with Gasteiger partial charge in [-0.1, -0.05) is 97.1 Å². The zero-order valence-corrected chi connectivity index (χ0v) is 22.7. The van der Waals surface area contributed by atoms with Gasteiger partial charge >= 0.3 is 0 Å². The van der Waals surface area contributed by atoms with Crippen LogP contribution in [-0.2, 0) is 13.1 Å². The third-order valence-electron chi connectivity index (χ3n) is 7.29. The molecule has 1 aliphatic rings. The van der Waals surface area contributed by atoms with Crippen LogP contribution in [0.1, 0.15) is 51.2 Å². The second kappa shape index (κ2) is 11.6. The first-order chi connectivity index (χ1) is 20.1. The highest BCUT2D eigenvalue weighted by atomic mass is 19.1. The molecule has 6 rings (SSSR count). The van der Waals surface area contributed by atoms with Crippen molar-refractivity contribution in [2.75, 3.05) is 0 Å². The minimum atomic E-state index is -0.403. The summed E-state index contributed by atoms with van der Waals surface area (Å²) in [5.74, 6) is 0.0432. The largest absolute Gasteiger partial charge is 0.478 e. The van der Waals surface area contributed by atoms with Crippen LogP contribution in [0.2, 0.25) is 0 Å². The van der Waals surface area contributed by atoms with Crippen molar-refractivity contribution in [1.29, 1.82) is 0 Å². The summed E-state index contributed by atoms with van der Waals surface area (Å²) < 4.78 is 20.3. The third kappa shape index (κ3) is 5.39. The first-order valence-electron chi connectivity index (χ1n) is 13.7. The van der Waals surface area contributed by atoms with Gasteiger partial charge in [-0.3, -0.25) is 9.78 Å². The SMILES string of the molecule is C/C=C/C(Oc1c2c(c(/C=C/c3ccccc3)c3cccnc13)CN(Cc1ccc(F)cc1)C2=O)c1ccccc1. The standard InChI is InChI=1S/C36H29FN2O2/c1-2-10-32(27-13-7-4-8-14-27)41-35-33-31(24-39(36(33)40)23-26-16-19-28(37)20-17-26)29(30-15-9-22-38-34(30)35)21-18-25-11-5-3-6-12-25/h2-22,32H,23-24H2,1H3/b10-2+,21-18+. The first-order valence-corrected chi connectivity index (χ1v) is 13.7. The fourth-order valence-electron chi connectivity index (χ4n) is 5.32. The van der Waals surface area contributed by atoms with Crippen LogP contribution < -0.4 is 4.74 Å². The molecule has 0 aliphatic carbocycles. The van der Waals surface area contributed by atoms with Crippen molar-refractivity contribution in [3.8, 4) is 5.75 Å². The molecular formula is C36H29FN2O2. The molecule has 1 atom stereocenters. The van der Waals surface area contributed by atoms with E-state index in [0.29, 0.717) is 29.9 Å². The van der Waals surface area contributed by atoms with E-state index in [0.717, 1.165) is 33.2 Å². The molecule has 1 aliphatic heterocycles. The minimum Gasteiger partial charge on any atom is -0.478 e. The fraction of sp³-hybridized carbons (Fsp3) is 0.111. The van der Waals surface area contributed by atoms with Crippen molar-refractivity contribution in [2.24, 2.45) is 0 Å². The number of allylic oxidation sites excluding steroid dienone is 1. The lowest BCUT2D eigenvalue weighted by molar-refractivity contribution is 0.0762. The first kappa shape index (κ1) is 26.2. The van der Waals surface area contributed by atoms with E-state index in [9.17, 15) is 9.18 Å². The summed E-state index contributed by atoms with van der Waals surface area (Å²) in [6.07, 6.45) is 9.39. The Balaban J connectivity index is 1.51. The average molecular weight is 541 g/mol. The molecule has 41 heavy (non-hydrogen) atoms. The van der Waals surface area contributed by atoms with E-state index in [1.54, 1.807) is 23.2 Å².